The van der Waals surface area contributed by atoms with Crippen LogP contribution >= 0.6 is 0 Å². The summed E-state index contributed by atoms with van der Waals surface area (Å²) < 4.78 is 0. The van der Waals surface area contributed by atoms with Crippen LogP contribution in [0.15, 0.2) is 45.9 Å². The molecule has 1 heterocycles. The SMILES string of the molecule is O=[N+]([O-])C1=CC=CC2=CN=NC21. The zero-order chi connectivity index (χ0) is 8.55. The zero-order valence-corrected chi connectivity index (χ0v) is 6.04. The number of hydrogen-bond acceptors (Lipinski definition) is 4. The number of fused-ring (bicyclic) bond motifs is 1. The second kappa shape index (κ2) is 2.37. The molecule has 5 nitrogen and oxygen atoms in total. The number of nitro groups is 1. The van der Waals surface area contributed by atoms with Gasteiger partial charge < -0.3 is 0 Å². The minimum absolute atomic E-state index is 0.0880. The summed E-state index contributed by atoms with van der Waals surface area (Å²) in [4.78, 5) is 10.0. The summed E-state index contributed by atoms with van der Waals surface area (Å²) in [6.07, 6.45) is 6.40. The van der Waals surface area contributed by atoms with E-state index in [0.29, 0.717) is 0 Å². The van der Waals surface area contributed by atoms with Crippen LogP contribution in [0.2, 0.25) is 0 Å². The summed E-state index contributed by atoms with van der Waals surface area (Å²) in [5.74, 6) is 0. The Hall–Kier alpha value is -1.78. The predicted molar refractivity (Wildman–Crippen MR) is 40.9 cm³/mol. The van der Waals surface area contributed by atoms with Crippen molar-refractivity contribution in [3.05, 3.63) is 45.8 Å². The van der Waals surface area contributed by atoms with Gasteiger partial charge in [0.1, 0.15) is 0 Å². The lowest BCUT2D eigenvalue weighted by Gasteiger charge is -2.07. The maximum absolute atomic E-state index is 10.5. The Morgan fingerprint density at radius 2 is 2.42 bits per heavy atom. The number of nitrogens with zero attached hydrogens (tertiary/aromatic N) is 3. The maximum atomic E-state index is 10.5. The Kier molecular flexibility index (Phi) is 1.36. The number of hydrogen-bond donors (Lipinski definition) is 0. The Morgan fingerprint density at radius 3 is 3.17 bits per heavy atom. The van der Waals surface area contributed by atoms with Crippen LogP contribution in [0.25, 0.3) is 0 Å². The van der Waals surface area contributed by atoms with Gasteiger partial charge in [0.2, 0.25) is 0 Å². The summed E-state index contributed by atoms with van der Waals surface area (Å²) in [6, 6.07) is -0.481. The molecule has 0 N–H and O–H groups in total. The summed E-state index contributed by atoms with van der Waals surface area (Å²) in [5.41, 5.74) is 0.870. The number of azo groups is 1. The monoisotopic (exact) mass is 163 g/mol. The summed E-state index contributed by atoms with van der Waals surface area (Å²) in [7, 11) is 0. The smallest absolute Gasteiger partial charge is 0.259 e. The van der Waals surface area contributed by atoms with Crippen LogP contribution in [0.4, 0.5) is 0 Å². The normalized spacial score (nSPS) is 24.8. The second-order valence-corrected chi connectivity index (χ2v) is 2.47. The molecule has 1 aliphatic heterocycles. The average molecular weight is 163 g/mol. The summed E-state index contributed by atoms with van der Waals surface area (Å²) in [6.45, 7) is 0. The van der Waals surface area contributed by atoms with Crippen molar-refractivity contribution < 1.29 is 4.92 Å². The van der Waals surface area contributed by atoms with Crippen molar-refractivity contribution in [3.8, 4) is 0 Å². The van der Waals surface area contributed by atoms with E-state index in [4.69, 9.17) is 0 Å². The van der Waals surface area contributed by atoms with Gasteiger partial charge in [0.05, 0.1) is 11.1 Å². The minimum Gasteiger partial charge on any atom is -0.259 e. The van der Waals surface area contributed by atoms with Crippen molar-refractivity contribution in [2.24, 2.45) is 10.2 Å². The molecule has 2 aliphatic rings. The second-order valence-electron chi connectivity index (χ2n) is 2.47. The van der Waals surface area contributed by atoms with Crippen molar-refractivity contribution in [2.75, 3.05) is 0 Å². The van der Waals surface area contributed by atoms with Crippen LogP contribution in [0.1, 0.15) is 0 Å². The molecule has 0 spiro atoms. The average Bonchev–Trinajstić information content (AvgIpc) is 2.49. The van der Waals surface area contributed by atoms with E-state index >= 15 is 0 Å². The number of allylic oxidation sites excluding steroid dienone is 2. The summed E-state index contributed by atoms with van der Waals surface area (Å²) in [5, 5.41) is 17.8. The van der Waals surface area contributed by atoms with Crippen LogP contribution < -0.4 is 0 Å². The third kappa shape index (κ3) is 0.868. The van der Waals surface area contributed by atoms with Crippen LogP contribution in [0, 0.1) is 10.1 Å². The third-order valence-corrected chi connectivity index (χ3v) is 1.75. The van der Waals surface area contributed by atoms with Crippen molar-refractivity contribution in [1.29, 1.82) is 0 Å². The molecule has 0 amide bonds. The first-order chi connectivity index (χ1) is 5.79. The van der Waals surface area contributed by atoms with Gasteiger partial charge >= 0.3 is 0 Å². The van der Waals surface area contributed by atoms with E-state index in [1.165, 1.54) is 12.3 Å². The topological polar surface area (TPSA) is 67.9 Å². The molecule has 5 heteroatoms. The molecule has 0 fully saturated rings. The van der Waals surface area contributed by atoms with Crippen LogP contribution in [0.5, 0.6) is 0 Å². The predicted octanol–water partition coefficient (Wildman–Crippen LogP) is 1.44. The highest BCUT2D eigenvalue weighted by Crippen LogP contribution is 2.26. The Balaban J connectivity index is 2.41. The fourth-order valence-electron chi connectivity index (χ4n) is 1.18. The first kappa shape index (κ1) is 6.90. The van der Waals surface area contributed by atoms with Crippen molar-refractivity contribution in [2.45, 2.75) is 6.04 Å². The molecule has 0 aromatic rings. The van der Waals surface area contributed by atoms with Gasteiger partial charge in [0.25, 0.3) is 5.70 Å². The first-order valence-corrected chi connectivity index (χ1v) is 3.42. The molecule has 1 aliphatic carbocycles. The fourth-order valence-corrected chi connectivity index (χ4v) is 1.18. The molecule has 1 atom stereocenters. The van der Waals surface area contributed by atoms with Gasteiger partial charge in [-0.25, -0.2) is 0 Å². The van der Waals surface area contributed by atoms with Crippen molar-refractivity contribution in [3.63, 3.8) is 0 Å². The van der Waals surface area contributed by atoms with E-state index < -0.39 is 11.0 Å². The van der Waals surface area contributed by atoms with Gasteiger partial charge in [-0.2, -0.15) is 10.2 Å². The van der Waals surface area contributed by atoms with E-state index in [1.54, 1.807) is 12.2 Å². The van der Waals surface area contributed by atoms with Crippen LogP contribution in [0.3, 0.4) is 0 Å². The van der Waals surface area contributed by atoms with E-state index in [-0.39, 0.29) is 5.70 Å². The molecule has 60 valence electrons. The van der Waals surface area contributed by atoms with Crippen molar-refractivity contribution >= 4 is 0 Å². The quantitative estimate of drug-likeness (QED) is 0.433. The third-order valence-electron chi connectivity index (χ3n) is 1.75. The van der Waals surface area contributed by atoms with Gasteiger partial charge in [0, 0.05) is 11.6 Å². The van der Waals surface area contributed by atoms with E-state index in [2.05, 4.69) is 10.2 Å². The van der Waals surface area contributed by atoms with E-state index in [0.717, 1.165) is 5.57 Å². The molecule has 0 saturated heterocycles. The molecule has 0 radical (unpaired) electrons. The van der Waals surface area contributed by atoms with Gasteiger partial charge in [-0.05, 0) is 0 Å². The lowest BCUT2D eigenvalue weighted by atomic mass is 10.0. The molecule has 12 heavy (non-hydrogen) atoms. The van der Waals surface area contributed by atoms with Gasteiger partial charge in [0.15, 0.2) is 6.04 Å². The largest absolute Gasteiger partial charge is 0.277 e. The molecule has 0 bridgehead atoms. The Bertz CT molecular complexity index is 352. The molecule has 0 aromatic heterocycles. The lowest BCUT2D eigenvalue weighted by molar-refractivity contribution is -0.428. The highest BCUT2D eigenvalue weighted by Gasteiger charge is 2.31. The summed E-state index contributed by atoms with van der Waals surface area (Å²) >= 11 is 0. The fraction of sp³-hybridized carbons (Fsp3) is 0.143. The Labute approximate surface area is 67.9 Å². The number of rotatable bonds is 1. The highest BCUT2D eigenvalue weighted by atomic mass is 16.6. The molecule has 2 rings (SSSR count). The maximum Gasteiger partial charge on any atom is 0.277 e. The van der Waals surface area contributed by atoms with Gasteiger partial charge in [-0.15, -0.1) is 0 Å². The molecular weight excluding hydrogens is 158 g/mol. The minimum atomic E-state index is -0.481. The van der Waals surface area contributed by atoms with Crippen LogP contribution in [-0.2, 0) is 0 Å². The standard InChI is InChI=1S/C7H5N3O2/c11-10(12)6-3-1-2-5-4-8-9-7(5)6/h1-4,7H. The molecule has 0 saturated carbocycles. The Morgan fingerprint density at radius 1 is 1.58 bits per heavy atom. The van der Waals surface area contributed by atoms with E-state index in [1.807, 2.05) is 0 Å². The lowest BCUT2D eigenvalue weighted by Crippen LogP contribution is -2.16. The van der Waals surface area contributed by atoms with Gasteiger partial charge in [-0.3, -0.25) is 10.1 Å². The van der Waals surface area contributed by atoms with Crippen molar-refractivity contribution in [1.82, 2.24) is 0 Å². The van der Waals surface area contributed by atoms with Gasteiger partial charge in [-0.1, -0.05) is 12.2 Å². The zero-order valence-electron chi connectivity index (χ0n) is 6.04. The molecular formula is C7H5N3O2. The highest BCUT2D eigenvalue weighted by molar-refractivity contribution is 5.40. The van der Waals surface area contributed by atoms with Crippen LogP contribution in [-0.4, -0.2) is 11.0 Å². The molecule has 1 unspecified atom stereocenters. The first-order valence-electron chi connectivity index (χ1n) is 3.42. The van der Waals surface area contributed by atoms with E-state index in [9.17, 15) is 10.1 Å². The molecule has 0 aromatic carbocycles.